The summed E-state index contributed by atoms with van der Waals surface area (Å²) in [7, 11) is -0.833. The molecule has 0 saturated carbocycles. The third kappa shape index (κ3) is 9.60. The summed E-state index contributed by atoms with van der Waals surface area (Å²) in [5, 5.41) is 10.6. The van der Waals surface area contributed by atoms with Gasteiger partial charge in [-0.1, -0.05) is 46.4 Å². The molecule has 0 amide bonds. The van der Waals surface area contributed by atoms with Crippen molar-refractivity contribution in [3.05, 3.63) is 67.5 Å². The van der Waals surface area contributed by atoms with E-state index in [1.165, 1.54) is 6.07 Å². The van der Waals surface area contributed by atoms with Crippen LogP contribution in [0.2, 0.25) is 20.1 Å². The first-order valence-electron chi connectivity index (χ1n) is 5.12. The van der Waals surface area contributed by atoms with Crippen molar-refractivity contribution in [1.82, 2.24) is 0 Å². The van der Waals surface area contributed by atoms with Crippen molar-refractivity contribution < 1.29 is 9.46 Å². The molecule has 2 aromatic rings. The number of rotatable bonds is 0. The second-order valence-corrected chi connectivity index (χ2v) is 5.09. The third-order valence-electron chi connectivity index (χ3n) is 1.82. The number of nitrogens with zero attached hydrogens (tertiary/aromatic N) is 2. The summed E-state index contributed by atoms with van der Waals surface area (Å²) in [5.74, 6) is 0. The lowest BCUT2D eigenvalue weighted by atomic mass is 10.3. The third-order valence-corrected chi connectivity index (χ3v) is 2.88. The fraction of sp³-hybridized carbons (Fsp3) is 0. The van der Waals surface area contributed by atoms with Crippen LogP contribution >= 0.6 is 55.1 Å². The van der Waals surface area contributed by atoms with Gasteiger partial charge in [-0.2, -0.15) is 0 Å². The van der Waals surface area contributed by atoms with Crippen LogP contribution in [-0.2, 0) is 4.57 Å². The average Bonchev–Trinajstić information content (AvgIpc) is 2.46. The van der Waals surface area contributed by atoms with Gasteiger partial charge in [0.2, 0.25) is 5.39 Å². The molecule has 0 aromatic heterocycles. The average molecular weight is 385 g/mol. The van der Waals surface area contributed by atoms with E-state index in [4.69, 9.17) is 61.3 Å². The van der Waals surface area contributed by atoms with Crippen molar-refractivity contribution in [2.45, 2.75) is 0 Å². The first-order chi connectivity index (χ1) is 9.94. The van der Waals surface area contributed by atoms with Crippen LogP contribution in [-0.4, -0.2) is 4.89 Å². The predicted molar refractivity (Wildman–Crippen MR) is 87.5 cm³/mol. The molecule has 21 heavy (non-hydrogen) atoms. The summed E-state index contributed by atoms with van der Waals surface area (Å²) in [6, 6.07) is 11.7. The van der Waals surface area contributed by atoms with Gasteiger partial charge >= 0.3 is 14.4 Å². The van der Waals surface area contributed by atoms with Gasteiger partial charge in [-0.15, -0.1) is 0 Å². The Morgan fingerprint density at radius 2 is 1.29 bits per heavy atom. The van der Waals surface area contributed by atoms with Gasteiger partial charge in [0.25, 0.3) is 0 Å². The molecule has 0 saturated heterocycles. The highest BCUT2D eigenvalue weighted by Crippen LogP contribution is 2.27. The summed E-state index contributed by atoms with van der Waals surface area (Å²) in [4.78, 5) is 9.90. The number of hydrogen-bond acceptors (Lipinski definition) is 2. The van der Waals surface area contributed by atoms with Gasteiger partial charge < -0.3 is 4.89 Å². The van der Waals surface area contributed by atoms with Crippen LogP contribution in [0.15, 0.2) is 42.5 Å². The highest BCUT2D eigenvalue weighted by Gasteiger charge is 2.10. The molecule has 4 nitrogen and oxygen atoms in total. The second kappa shape index (κ2) is 11.7. The van der Waals surface area contributed by atoms with E-state index < -0.39 is 8.69 Å². The number of diazo groups is 1. The molecule has 0 aliphatic heterocycles. The maximum absolute atomic E-state index is 8.46. The van der Waals surface area contributed by atoms with E-state index in [-0.39, 0.29) is 5.69 Å². The van der Waals surface area contributed by atoms with Crippen molar-refractivity contribution in [2.75, 3.05) is 0 Å². The van der Waals surface area contributed by atoms with Crippen LogP contribution in [0.5, 0.6) is 0 Å². The van der Waals surface area contributed by atoms with E-state index in [2.05, 4.69) is 4.98 Å². The van der Waals surface area contributed by atoms with E-state index in [1.807, 2.05) is 0 Å². The number of halogens is 4. The standard InChI is InChI=1S/C6H3Cl2N2.C6H4Cl2.HO2P/c7-4-1-2-5(8)6(3-4)10-9;7-5-1-2-6(8)4-3-5;1-3-2/h1-3H;1-4H;(H,1,2)/q+1;;. The normalized spacial score (nSPS) is 8.76. The van der Waals surface area contributed by atoms with Crippen molar-refractivity contribution in [3.63, 3.8) is 0 Å². The fourth-order valence-corrected chi connectivity index (χ4v) is 1.57. The van der Waals surface area contributed by atoms with E-state index in [1.54, 1.807) is 36.4 Å². The maximum atomic E-state index is 8.46. The maximum Gasteiger partial charge on any atom is 0.404 e. The van der Waals surface area contributed by atoms with Crippen molar-refractivity contribution in [2.24, 2.45) is 0 Å². The molecule has 9 heteroatoms. The van der Waals surface area contributed by atoms with Crippen molar-refractivity contribution in [3.8, 4) is 0 Å². The van der Waals surface area contributed by atoms with Gasteiger partial charge in [-0.3, -0.25) is 0 Å². The van der Waals surface area contributed by atoms with E-state index in [0.29, 0.717) is 10.0 Å². The Kier molecular flexibility index (Phi) is 11.2. The van der Waals surface area contributed by atoms with Crippen LogP contribution in [0, 0.1) is 5.39 Å². The zero-order valence-corrected chi connectivity index (χ0v) is 14.2. The van der Waals surface area contributed by atoms with Crippen LogP contribution in [0.4, 0.5) is 5.69 Å². The minimum atomic E-state index is -0.833. The monoisotopic (exact) mass is 383 g/mol. The lowest BCUT2D eigenvalue weighted by Crippen LogP contribution is -1.65. The Morgan fingerprint density at radius 1 is 0.905 bits per heavy atom. The molecule has 110 valence electrons. The van der Waals surface area contributed by atoms with Gasteiger partial charge in [-0.05, 0) is 36.4 Å². The molecule has 0 bridgehead atoms. The SMILES string of the molecule is Clc1ccc(Cl)cc1.N#[N+]c1cc(Cl)ccc1Cl.O=PO. The first-order valence-corrected chi connectivity index (χ1v) is 7.40. The summed E-state index contributed by atoms with van der Waals surface area (Å²) in [6.45, 7) is 0. The van der Waals surface area contributed by atoms with Gasteiger partial charge in [0, 0.05) is 15.1 Å². The Labute approximate surface area is 143 Å². The molecule has 0 radical (unpaired) electrons. The molecule has 0 heterocycles. The molecule has 0 spiro atoms. The largest absolute Gasteiger partial charge is 0.404 e. The zero-order valence-electron chi connectivity index (χ0n) is 10.3. The topological polar surface area (TPSA) is 65.5 Å². The van der Waals surface area contributed by atoms with Crippen molar-refractivity contribution in [1.29, 1.82) is 5.39 Å². The minimum absolute atomic E-state index is 0.286. The van der Waals surface area contributed by atoms with Crippen LogP contribution in [0.1, 0.15) is 0 Å². The highest BCUT2D eigenvalue weighted by molar-refractivity contribution is 7.16. The Morgan fingerprint density at radius 3 is 1.62 bits per heavy atom. The lowest BCUT2D eigenvalue weighted by Gasteiger charge is -1.86. The molecule has 2 rings (SSSR count). The quantitative estimate of drug-likeness (QED) is 0.408. The Balaban J connectivity index is 0.000000327. The van der Waals surface area contributed by atoms with E-state index >= 15 is 0 Å². The van der Waals surface area contributed by atoms with E-state index in [9.17, 15) is 0 Å². The van der Waals surface area contributed by atoms with Crippen LogP contribution in [0.25, 0.3) is 4.98 Å². The molecule has 0 fully saturated rings. The lowest BCUT2D eigenvalue weighted by molar-refractivity contribution is 0.524. The van der Waals surface area contributed by atoms with Gasteiger partial charge in [0.1, 0.15) is 5.02 Å². The molecule has 0 unspecified atom stereocenters. The number of benzene rings is 2. The molecule has 0 aliphatic rings. The molecule has 1 N–H and O–H groups in total. The molecular weight excluding hydrogens is 377 g/mol. The molecular formula is C12H8Cl4N2O2P+. The highest BCUT2D eigenvalue weighted by atomic mass is 35.5. The summed E-state index contributed by atoms with van der Waals surface area (Å²) >= 11 is 22.3. The predicted octanol–water partition coefficient (Wildman–Crippen LogP) is 6.66. The molecule has 0 atom stereocenters. The summed E-state index contributed by atoms with van der Waals surface area (Å²) in [6.07, 6.45) is 0. The smallest absolute Gasteiger partial charge is 0.310 e. The minimum Gasteiger partial charge on any atom is -0.310 e. The zero-order chi connectivity index (χ0) is 16.3. The number of hydrogen-bond donors (Lipinski definition) is 1. The Bertz CT molecular complexity index is 597. The molecule has 0 aliphatic carbocycles. The van der Waals surface area contributed by atoms with Crippen LogP contribution in [0.3, 0.4) is 0 Å². The van der Waals surface area contributed by atoms with Gasteiger partial charge in [-0.25, -0.2) is 4.57 Å². The van der Waals surface area contributed by atoms with Gasteiger partial charge in [0.15, 0.2) is 4.98 Å². The van der Waals surface area contributed by atoms with Gasteiger partial charge in [0.05, 0.1) is 6.07 Å². The Hall–Kier alpha value is -0.920. The summed E-state index contributed by atoms with van der Waals surface area (Å²) < 4.78 is 8.46. The summed E-state index contributed by atoms with van der Waals surface area (Å²) in [5.41, 5.74) is 0.286. The van der Waals surface area contributed by atoms with Crippen molar-refractivity contribution >= 4 is 60.8 Å². The van der Waals surface area contributed by atoms with Crippen LogP contribution < -0.4 is 0 Å². The fourth-order valence-electron chi connectivity index (χ4n) is 0.992. The molecule has 2 aromatic carbocycles. The van der Waals surface area contributed by atoms with E-state index in [0.717, 1.165) is 10.0 Å². The first kappa shape index (κ1) is 20.1. The second-order valence-electron chi connectivity index (χ2n) is 3.21.